The highest BCUT2D eigenvalue weighted by Gasteiger charge is 1.97. The van der Waals surface area contributed by atoms with Gasteiger partial charge in [-0.25, -0.2) is 0 Å². The van der Waals surface area contributed by atoms with Gasteiger partial charge >= 0.3 is 5.97 Å². The predicted octanol–water partition coefficient (Wildman–Crippen LogP) is -0.414. The number of esters is 1. The van der Waals surface area contributed by atoms with Gasteiger partial charge in [-0.3, -0.25) is 4.79 Å². The fourth-order valence-electron chi connectivity index (χ4n) is 0.249. The van der Waals surface area contributed by atoms with Crippen LogP contribution in [0.2, 0.25) is 0 Å². The van der Waals surface area contributed by atoms with Crippen LogP contribution >= 0.6 is 0 Å². The molecule has 0 spiro atoms. The smallest absolute Gasteiger partial charge is 0.315 e. The van der Waals surface area contributed by atoms with E-state index in [0.717, 1.165) is 0 Å². The summed E-state index contributed by atoms with van der Waals surface area (Å²) < 4.78 is 4.32. The Kier molecular flexibility index (Phi) is 3.84. The molecule has 0 unspecified atom stereocenters. The van der Waals surface area contributed by atoms with Crippen molar-refractivity contribution >= 4 is 12.2 Å². The molecule has 1 radical (unpaired) electrons. The quantitative estimate of drug-likeness (QED) is 0.362. The summed E-state index contributed by atoms with van der Waals surface area (Å²) in [4.78, 5) is 13.9. The maximum atomic E-state index is 10.3. The summed E-state index contributed by atoms with van der Waals surface area (Å²) in [5, 5.41) is 0. The molecule has 0 atom stereocenters. The van der Waals surface area contributed by atoms with Gasteiger partial charge in [0.15, 0.2) is 0 Å². The van der Waals surface area contributed by atoms with Gasteiger partial charge in [0, 0.05) is 4.99 Å². The first kappa shape index (κ1) is 7.14. The Morgan fingerprint density at radius 3 is 2.88 bits per heavy atom. The molecule has 0 aliphatic heterocycles. The standard InChI is InChI=1S/C5H9NO2/c1-6-4-3-5(7)8-2/h4H,3H2,1-2H3/q+1. The van der Waals surface area contributed by atoms with Crippen molar-refractivity contribution in [1.29, 1.82) is 0 Å². The van der Waals surface area contributed by atoms with Crippen molar-refractivity contribution < 1.29 is 9.53 Å². The average Bonchev–Trinajstić information content (AvgIpc) is 1.83. The van der Waals surface area contributed by atoms with Gasteiger partial charge < -0.3 is 4.74 Å². The molecule has 3 heteroatoms. The van der Waals surface area contributed by atoms with Gasteiger partial charge in [-0.05, 0) is 0 Å². The van der Waals surface area contributed by atoms with Crippen LogP contribution in [0.5, 0.6) is 0 Å². The number of rotatable bonds is 2. The second-order valence-electron chi connectivity index (χ2n) is 1.22. The first-order valence-corrected chi connectivity index (χ1v) is 2.28. The van der Waals surface area contributed by atoms with Gasteiger partial charge in [-0.2, -0.15) is 0 Å². The van der Waals surface area contributed by atoms with Gasteiger partial charge in [0.25, 0.3) is 0 Å². The van der Waals surface area contributed by atoms with Crippen molar-refractivity contribution in [3.8, 4) is 0 Å². The van der Waals surface area contributed by atoms with Crippen LogP contribution in [0.1, 0.15) is 6.42 Å². The van der Waals surface area contributed by atoms with Crippen molar-refractivity contribution in [2.45, 2.75) is 6.42 Å². The molecule has 0 amide bonds. The molecule has 0 bridgehead atoms. The molecular weight excluding hydrogens is 106 g/mol. The van der Waals surface area contributed by atoms with E-state index in [0.29, 0.717) is 0 Å². The number of hydrogen-bond acceptors (Lipinski definition) is 3. The Morgan fingerprint density at radius 1 is 1.88 bits per heavy atom. The fraction of sp³-hybridized carbons (Fsp3) is 0.600. The van der Waals surface area contributed by atoms with Crippen molar-refractivity contribution in [2.75, 3.05) is 14.2 Å². The van der Waals surface area contributed by atoms with Crippen LogP contribution in [-0.4, -0.2) is 26.3 Å². The number of aliphatic imine (C=N–C) groups is 1. The highest BCUT2D eigenvalue weighted by Crippen LogP contribution is 1.74. The first-order chi connectivity index (χ1) is 3.81. The van der Waals surface area contributed by atoms with Crippen molar-refractivity contribution in [3.05, 3.63) is 0 Å². The Bertz CT molecular complexity index is 98.6. The number of ether oxygens (including phenoxy) is 1. The number of carbonyl (C=O) groups is 1. The average molecular weight is 115 g/mol. The van der Waals surface area contributed by atoms with E-state index in [4.69, 9.17) is 0 Å². The lowest BCUT2D eigenvalue weighted by atomic mass is 10.5. The first-order valence-electron chi connectivity index (χ1n) is 2.28. The third-order valence-corrected chi connectivity index (χ3v) is 0.668. The minimum absolute atomic E-state index is 0.254. The summed E-state index contributed by atoms with van der Waals surface area (Å²) in [6, 6.07) is 0. The van der Waals surface area contributed by atoms with E-state index in [2.05, 4.69) is 9.73 Å². The highest BCUT2D eigenvalue weighted by atomic mass is 16.5. The number of carbonyl (C=O) groups excluding carboxylic acids is 1. The number of methoxy groups -OCH3 is 1. The largest absolute Gasteiger partial charge is 0.469 e. The molecule has 0 saturated heterocycles. The maximum absolute atomic E-state index is 10.3. The van der Waals surface area contributed by atoms with Gasteiger partial charge in [0.1, 0.15) is 6.42 Å². The Hall–Kier alpha value is -0.860. The van der Waals surface area contributed by atoms with Crippen LogP contribution in [-0.2, 0) is 9.53 Å². The van der Waals surface area contributed by atoms with Gasteiger partial charge in [0.05, 0.1) is 7.11 Å². The fourth-order valence-corrected chi connectivity index (χ4v) is 0.249. The van der Waals surface area contributed by atoms with E-state index >= 15 is 0 Å². The summed E-state index contributed by atoms with van der Waals surface area (Å²) in [5.74, 6) is -0.254. The van der Waals surface area contributed by atoms with E-state index in [1.807, 2.05) is 0 Å². The molecular formula is C5H9NO2+. The Labute approximate surface area is 48.4 Å². The van der Waals surface area contributed by atoms with Crippen LogP contribution < -0.4 is 4.99 Å². The third kappa shape index (κ3) is 3.33. The molecule has 0 N–H and O–H groups in total. The lowest BCUT2D eigenvalue weighted by Gasteiger charge is -1.86. The molecule has 0 aliphatic carbocycles. The summed E-state index contributed by atoms with van der Waals surface area (Å²) in [5.41, 5.74) is 0. The molecule has 0 aliphatic rings. The molecule has 0 aromatic carbocycles. The van der Waals surface area contributed by atoms with E-state index in [1.54, 1.807) is 7.05 Å². The maximum Gasteiger partial charge on any atom is 0.315 e. The molecule has 45 valence electrons. The summed E-state index contributed by atoms with van der Waals surface area (Å²) in [7, 11) is 2.97. The van der Waals surface area contributed by atoms with E-state index in [-0.39, 0.29) is 12.4 Å². The van der Waals surface area contributed by atoms with E-state index < -0.39 is 0 Å². The molecule has 0 aromatic rings. The molecule has 0 heterocycles. The molecule has 0 saturated carbocycles. The van der Waals surface area contributed by atoms with Gasteiger partial charge in [0.2, 0.25) is 13.3 Å². The van der Waals surface area contributed by atoms with E-state index in [1.165, 1.54) is 13.3 Å². The summed E-state index contributed by atoms with van der Waals surface area (Å²) in [6.07, 6.45) is 1.78. The summed E-state index contributed by atoms with van der Waals surface area (Å²) in [6.45, 7) is 0. The van der Waals surface area contributed by atoms with Crippen LogP contribution in [0.25, 0.3) is 0 Å². The van der Waals surface area contributed by atoms with Crippen molar-refractivity contribution in [3.63, 3.8) is 0 Å². The Balaban J connectivity index is 3.25. The van der Waals surface area contributed by atoms with Crippen LogP contribution in [0.3, 0.4) is 0 Å². The molecule has 0 rings (SSSR count). The predicted molar refractivity (Wildman–Crippen MR) is 30.8 cm³/mol. The lowest BCUT2D eigenvalue weighted by Crippen LogP contribution is -2.01. The monoisotopic (exact) mass is 115 g/mol. The van der Waals surface area contributed by atoms with Crippen molar-refractivity contribution in [1.82, 2.24) is 4.99 Å². The van der Waals surface area contributed by atoms with Gasteiger partial charge in [-0.1, -0.05) is 0 Å². The normalized spacial score (nSPS) is 9.75. The highest BCUT2D eigenvalue weighted by molar-refractivity contribution is 5.85. The second kappa shape index (κ2) is 4.30. The zero-order valence-corrected chi connectivity index (χ0v) is 5.05. The lowest BCUT2D eigenvalue weighted by molar-refractivity contribution is -0.139. The minimum atomic E-state index is -0.254. The molecule has 0 fully saturated rings. The number of hydrogen-bond donors (Lipinski definition) is 0. The second-order valence-corrected chi connectivity index (χ2v) is 1.22. The topological polar surface area (TPSA) is 40.4 Å². The van der Waals surface area contributed by atoms with Crippen molar-refractivity contribution in [2.24, 2.45) is 0 Å². The minimum Gasteiger partial charge on any atom is -0.469 e. The summed E-state index contributed by atoms with van der Waals surface area (Å²) >= 11 is 0. The third-order valence-electron chi connectivity index (χ3n) is 0.668. The Morgan fingerprint density at radius 2 is 2.50 bits per heavy atom. The van der Waals surface area contributed by atoms with Crippen LogP contribution in [0.15, 0.2) is 0 Å². The zero-order valence-electron chi connectivity index (χ0n) is 5.05. The van der Waals surface area contributed by atoms with Crippen LogP contribution in [0.4, 0.5) is 0 Å². The van der Waals surface area contributed by atoms with E-state index in [9.17, 15) is 4.79 Å². The molecule has 0 aromatic heterocycles. The van der Waals surface area contributed by atoms with Gasteiger partial charge in [-0.15, -0.1) is 0 Å². The zero-order chi connectivity index (χ0) is 6.41. The number of nitrogens with zero attached hydrogens (tertiary/aromatic N) is 1. The molecule has 3 nitrogen and oxygen atoms in total. The SMILES string of the molecule is C[N+]=CCC(=O)OC. The van der Waals surface area contributed by atoms with Crippen LogP contribution in [0, 0.1) is 0 Å². The molecule has 8 heavy (non-hydrogen) atoms.